The van der Waals surface area contributed by atoms with Gasteiger partial charge in [0.15, 0.2) is 11.8 Å². The zero-order valence-corrected chi connectivity index (χ0v) is 12.3. The van der Waals surface area contributed by atoms with E-state index in [0.29, 0.717) is 0 Å². The number of hydrogen-bond acceptors (Lipinski definition) is 4. The molecule has 3 rings (SSSR count). The van der Waals surface area contributed by atoms with Crippen molar-refractivity contribution in [1.82, 2.24) is 9.78 Å². The quantitative estimate of drug-likeness (QED) is 0.864. The van der Waals surface area contributed by atoms with Crippen LogP contribution in [0.15, 0.2) is 30.3 Å². The number of hydrogen-bond donors (Lipinski definition) is 1. The summed E-state index contributed by atoms with van der Waals surface area (Å²) < 4.78 is 6.87. The summed E-state index contributed by atoms with van der Waals surface area (Å²) in [4.78, 5) is 23.3. The summed E-state index contributed by atoms with van der Waals surface area (Å²) in [6.07, 6.45) is 1.67. The second kappa shape index (κ2) is 5.63. The third-order valence-electron chi connectivity index (χ3n) is 3.81. The van der Waals surface area contributed by atoms with Crippen molar-refractivity contribution in [2.45, 2.75) is 32.3 Å². The van der Waals surface area contributed by atoms with E-state index >= 15 is 0 Å². The number of ether oxygens (including phenoxy) is 1. The summed E-state index contributed by atoms with van der Waals surface area (Å²) in [5.41, 5.74) is 8.26. The predicted molar refractivity (Wildman–Crippen MR) is 79.7 cm³/mol. The Labute approximate surface area is 127 Å². The molecule has 1 aliphatic rings. The molecule has 0 bridgehead atoms. The number of carbonyl (C=O) groups excluding carboxylic acids is 2. The zero-order chi connectivity index (χ0) is 15.7. The molecule has 0 saturated heterocycles. The fourth-order valence-corrected chi connectivity index (χ4v) is 2.66. The van der Waals surface area contributed by atoms with Gasteiger partial charge in [-0.15, -0.1) is 0 Å². The van der Waals surface area contributed by atoms with Crippen LogP contribution in [0, 0.1) is 0 Å². The van der Waals surface area contributed by atoms with E-state index in [1.807, 2.05) is 30.3 Å². The molecule has 6 nitrogen and oxygen atoms in total. The van der Waals surface area contributed by atoms with Crippen molar-refractivity contribution in [3.05, 3.63) is 47.3 Å². The molecule has 1 atom stereocenters. The number of esters is 1. The van der Waals surface area contributed by atoms with Gasteiger partial charge in [0.25, 0.3) is 5.91 Å². The second-order valence-corrected chi connectivity index (χ2v) is 5.32. The maximum absolute atomic E-state index is 12.3. The number of nitrogens with zero attached hydrogens (tertiary/aromatic N) is 2. The molecule has 2 aromatic rings. The van der Waals surface area contributed by atoms with E-state index in [2.05, 4.69) is 5.10 Å². The third kappa shape index (κ3) is 2.47. The minimum atomic E-state index is -0.966. The van der Waals surface area contributed by atoms with E-state index in [9.17, 15) is 9.59 Å². The average Bonchev–Trinajstić information content (AvgIpc) is 3.09. The molecular formula is C16H17N3O3. The van der Waals surface area contributed by atoms with Crippen LogP contribution in [-0.2, 0) is 22.4 Å². The van der Waals surface area contributed by atoms with Gasteiger partial charge in [-0.1, -0.05) is 18.2 Å². The predicted octanol–water partition coefficient (Wildman–Crippen LogP) is 1.39. The first-order chi connectivity index (χ1) is 10.6. The van der Waals surface area contributed by atoms with E-state index in [4.69, 9.17) is 10.5 Å². The van der Waals surface area contributed by atoms with Gasteiger partial charge < -0.3 is 10.5 Å². The fraction of sp³-hybridized carbons (Fsp3) is 0.312. The Morgan fingerprint density at radius 2 is 2.00 bits per heavy atom. The van der Waals surface area contributed by atoms with Crippen LogP contribution in [0.2, 0.25) is 0 Å². The van der Waals surface area contributed by atoms with Crippen LogP contribution in [-0.4, -0.2) is 27.8 Å². The van der Waals surface area contributed by atoms with Crippen LogP contribution in [0.4, 0.5) is 0 Å². The first-order valence-electron chi connectivity index (χ1n) is 7.24. The highest BCUT2D eigenvalue weighted by Crippen LogP contribution is 2.28. The number of primary amides is 1. The molecule has 1 aromatic carbocycles. The van der Waals surface area contributed by atoms with Crippen molar-refractivity contribution in [3.63, 3.8) is 0 Å². The molecule has 1 aromatic heterocycles. The lowest BCUT2D eigenvalue weighted by molar-refractivity contribution is -0.125. The topological polar surface area (TPSA) is 87.2 Å². The van der Waals surface area contributed by atoms with E-state index in [0.717, 1.165) is 36.2 Å². The largest absolute Gasteiger partial charge is 0.448 e. The maximum Gasteiger partial charge on any atom is 0.359 e. The molecule has 1 heterocycles. The molecule has 2 N–H and O–H groups in total. The van der Waals surface area contributed by atoms with Gasteiger partial charge in [-0.05, 0) is 38.3 Å². The molecule has 0 spiro atoms. The lowest BCUT2D eigenvalue weighted by Crippen LogP contribution is -2.30. The van der Waals surface area contributed by atoms with Gasteiger partial charge in [-0.3, -0.25) is 4.79 Å². The van der Waals surface area contributed by atoms with Gasteiger partial charge >= 0.3 is 5.97 Å². The van der Waals surface area contributed by atoms with Crippen molar-refractivity contribution in [2.24, 2.45) is 5.73 Å². The summed E-state index contributed by atoms with van der Waals surface area (Å²) in [7, 11) is 0. The summed E-state index contributed by atoms with van der Waals surface area (Å²) in [5.74, 6) is -1.27. The second-order valence-electron chi connectivity index (χ2n) is 5.32. The number of aromatic nitrogens is 2. The van der Waals surface area contributed by atoms with Gasteiger partial charge in [0.1, 0.15) is 0 Å². The van der Waals surface area contributed by atoms with Crippen molar-refractivity contribution in [1.29, 1.82) is 0 Å². The number of amides is 1. The summed E-state index contributed by atoms with van der Waals surface area (Å²) in [6.45, 7) is 1.45. The van der Waals surface area contributed by atoms with Crippen molar-refractivity contribution < 1.29 is 14.3 Å². The molecule has 6 heteroatoms. The Morgan fingerprint density at radius 1 is 1.27 bits per heavy atom. The lowest BCUT2D eigenvalue weighted by atomic mass is 10.2. The monoisotopic (exact) mass is 299 g/mol. The van der Waals surface area contributed by atoms with Gasteiger partial charge in [-0.25, -0.2) is 9.48 Å². The number of fused-ring (bicyclic) bond motifs is 1. The molecule has 0 aliphatic heterocycles. The van der Waals surface area contributed by atoms with Crippen LogP contribution < -0.4 is 5.73 Å². The molecule has 0 fully saturated rings. The maximum atomic E-state index is 12.3. The van der Waals surface area contributed by atoms with Gasteiger partial charge in [-0.2, -0.15) is 5.10 Å². The van der Waals surface area contributed by atoms with Crippen LogP contribution in [0.5, 0.6) is 0 Å². The minimum absolute atomic E-state index is 0.282. The lowest BCUT2D eigenvalue weighted by Gasteiger charge is -2.08. The van der Waals surface area contributed by atoms with Crippen LogP contribution >= 0.6 is 0 Å². The van der Waals surface area contributed by atoms with Gasteiger partial charge in [0.2, 0.25) is 0 Å². The van der Waals surface area contributed by atoms with Crippen LogP contribution in [0.3, 0.4) is 0 Å². The Morgan fingerprint density at radius 3 is 2.68 bits per heavy atom. The van der Waals surface area contributed by atoms with Crippen LogP contribution in [0.25, 0.3) is 5.69 Å². The number of para-hydroxylation sites is 1. The SMILES string of the molecule is C[C@@H](OC(=O)c1nn(-c2ccccc2)c2c1CCC2)C(N)=O. The van der Waals surface area contributed by atoms with E-state index in [-0.39, 0.29) is 5.69 Å². The van der Waals surface area contributed by atoms with Crippen molar-refractivity contribution in [3.8, 4) is 5.69 Å². The number of carbonyl (C=O) groups is 2. The highest BCUT2D eigenvalue weighted by molar-refractivity contribution is 5.92. The summed E-state index contributed by atoms with van der Waals surface area (Å²) in [5, 5.41) is 4.40. The number of rotatable bonds is 4. The van der Waals surface area contributed by atoms with Crippen molar-refractivity contribution in [2.75, 3.05) is 0 Å². The van der Waals surface area contributed by atoms with Gasteiger partial charge in [0, 0.05) is 11.3 Å². The highest BCUT2D eigenvalue weighted by Gasteiger charge is 2.29. The first-order valence-corrected chi connectivity index (χ1v) is 7.24. The zero-order valence-electron chi connectivity index (χ0n) is 12.3. The molecule has 1 aliphatic carbocycles. The van der Waals surface area contributed by atoms with E-state index < -0.39 is 18.0 Å². The third-order valence-corrected chi connectivity index (χ3v) is 3.81. The molecule has 0 radical (unpaired) electrons. The molecule has 22 heavy (non-hydrogen) atoms. The first kappa shape index (κ1) is 14.3. The minimum Gasteiger partial charge on any atom is -0.448 e. The number of nitrogens with two attached hydrogens (primary N) is 1. The normalized spacial score (nSPS) is 14.4. The molecule has 0 saturated carbocycles. The standard InChI is InChI=1S/C16H17N3O3/c1-10(15(17)20)22-16(21)14-12-8-5-9-13(12)19(18-14)11-6-3-2-4-7-11/h2-4,6-7,10H,5,8-9H2,1H3,(H2,17,20)/t10-/m1/s1. The molecular weight excluding hydrogens is 282 g/mol. The Bertz CT molecular complexity index is 722. The Balaban J connectivity index is 1.97. The van der Waals surface area contributed by atoms with E-state index in [1.54, 1.807) is 4.68 Å². The Hall–Kier alpha value is -2.63. The van der Waals surface area contributed by atoms with Gasteiger partial charge in [0.05, 0.1) is 5.69 Å². The fourth-order valence-electron chi connectivity index (χ4n) is 2.66. The molecule has 114 valence electrons. The summed E-state index contributed by atoms with van der Waals surface area (Å²) >= 11 is 0. The number of benzene rings is 1. The van der Waals surface area contributed by atoms with Crippen LogP contribution in [0.1, 0.15) is 35.1 Å². The molecule has 1 amide bonds. The smallest absolute Gasteiger partial charge is 0.359 e. The molecule has 0 unspecified atom stereocenters. The highest BCUT2D eigenvalue weighted by atomic mass is 16.5. The summed E-state index contributed by atoms with van der Waals surface area (Å²) in [6, 6.07) is 9.65. The van der Waals surface area contributed by atoms with Crippen molar-refractivity contribution >= 4 is 11.9 Å². The average molecular weight is 299 g/mol. The Kier molecular flexibility index (Phi) is 3.66. The van der Waals surface area contributed by atoms with E-state index in [1.165, 1.54) is 6.92 Å².